The smallest absolute Gasteiger partial charge is 0.407 e. The first-order chi connectivity index (χ1) is 8.56. The van der Waals surface area contributed by atoms with Crippen LogP contribution in [0, 0.1) is 0 Å². The average Bonchev–Trinajstić information content (AvgIpc) is 2.32. The van der Waals surface area contributed by atoms with Crippen LogP contribution in [-0.4, -0.2) is 46.7 Å². The molecule has 1 aliphatic heterocycles. The van der Waals surface area contributed by atoms with Crippen LogP contribution in [0.2, 0.25) is 0 Å². The number of amides is 1. The summed E-state index contributed by atoms with van der Waals surface area (Å²) in [6, 6.07) is 8.32. The lowest BCUT2D eigenvalue weighted by atomic mass is 10.1. The number of piperazine rings is 1. The van der Waals surface area contributed by atoms with E-state index in [9.17, 15) is 4.79 Å². The first-order valence-electron chi connectivity index (χ1n) is 6.02. The van der Waals surface area contributed by atoms with Gasteiger partial charge >= 0.3 is 6.09 Å². The third-order valence-electron chi connectivity index (χ3n) is 3.28. The topological polar surface area (TPSA) is 43.8 Å². The SMILES string of the molecule is C[C@H]1CN(Cc2ccc(Br)cc2)CCN1C(=O)O. The molecule has 0 aliphatic carbocycles. The van der Waals surface area contributed by atoms with Crippen LogP contribution in [0.4, 0.5) is 4.79 Å². The van der Waals surface area contributed by atoms with E-state index >= 15 is 0 Å². The number of rotatable bonds is 2. The van der Waals surface area contributed by atoms with Gasteiger partial charge in [-0.25, -0.2) is 4.79 Å². The summed E-state index contributed by atoms with van der Waals surface area (Å²) in [5.41, 5.74) is 1.26. The minimum absolute atomic E-state index is 0.0618. The molecule has 5 heteroatoms. The minimum Gasteiger partial charge on any atom is -0.465 e. The number of carboxylic acid groups (broad SMARTS) is 1. The second kappa shape index (κ2) is 5.71. The zero-order chi connectivity index (χ0) is 13.1. The Hall–Kier alpha value is -1.07. The fourth-order valence-electron chi connectivity index (χ4n) is 2.31. The van der Waals surface area contributed by atoms with Gasteiger partial charge in [0.25, 0.3) is 0 Å². The van der Waals surface area contributed by atoms with Crippen LogP contribution in [0.1, 0.15) is 12.5 Å². The highest BCUT2D eigenvalue weighted by atomic mass is 79.9. The molecule has 0 bridgehead atoms. The largest absolute Gasteiger partial charge is 0.465 e. The van der Waals surface area contributed by atoms with Crippen LogP contribution in [0.5, 0.6) is 0 Å². The maximum absolute atomic E-state index is 11.0. The number of nitrogens with zero attached hydrogens (tertiary/aromatic N) is 2. The Labute approximate surface area is 115 Å². The van der Waals surface area contributed by atoms with E-state index in [0.717, 1.165) is 24.1 Å². The number of carbonyl (C=O) groups is 1. The quantitative estimate of drug-likeness (QED) is 0.913. The van der Waals surface area contributed by atoms with Crippen LogP contribution >= 0.6 is 15.9 Å². The van der Waals surface area contributed by atoms with Crippen LogP contribution in [0.3, 0.4) is 0 Å². The molecule has 0 spiro atoms. The second-order valence-corrected chi connectivity index (χ2v) is 5.60. The van der Waals surface area contributed by atoms with Crippen LogP contribution in [0.15, 0.2) is 28.7 Å². The van der Waals surface area contributed by atoms with Gasteiger partial charge in [0.2, 0.25) is 0 Å². The van der Waals surface area contributed by atoms with Gasteiger partial charge in [0.15, 0.2) is 0 Å². The molecule has 1 atom stereocenters. The van der Waals surface area contributed by atoms with Crippen molar-refractivity contribution in [1.82, 2.24) is 9.80 Å². The Morgan fingerprint density at radius 3 is 2.61 bits per heavy atom. The van der Waals surface area contributed by atoms with Crippen LogP contribution in [0.25, 0.3) is 0 Å². The van der Waals surface area contributed by atoms with Crippen molar-refractivity contribution in [3.8, 4) is 0 Å². The van der Waals surface area contributed by atoms with E-state index in [0.29, 0.717) is 6.54 Å². The van der Waals surface area contributed by atoms with Crippen molar-refractivity contribution in [2.75, 3.05) is 19.6 Å². The van der Waals surface area contributed by atoms with Crippen molar-refractivity contribution in [3.63, 3.8) is 0 Å². The maximum atomic E-state index is 11.0. The zero-order valence-corrected chi connectivity index (χ0v) is 11.9. The third-order valence-corrected chi connectivity index (χ3v) is 3.81. The molecule has 4 nitrogen and oxygen atoms in total. The summed E-state index contributed by atoms with van der Waals surface area (Å²) in [5.74, 6) is 0. The molecule has 2 rings (SSSR count). The summed E-state index contributed by atoms with van der Waals surface area (Å²) in [5, 5.41) is 9.02. The zero-order valence-electron chi connectivity index (χ0n) is 10.3. The third kappa shape index (κ3) is 3.23. The van der Waals surface area contributed by atoms with E-state index in [2.05, 4.69) is 33.0 Å². The van der Waals surface area contributed by atoms with Gasteiger partial charge < -0.3 is 10.0 Å². The Morgan fingerprint density at radius 1 is 1.39 bits per heavy atom. The molecular weight excluding hydrogens is 296 g/mol. The summed E-state index contributed by atoms with van der Waals surface area (Å²) in [6.45, 7) is 5.02. The van der Waals surface area contributed by atoms with Crippen molar-refractivity contribution in [2.45, 2.75) is 19.5 Å². The van der Waals surface area contributed by atoms with Crippen molar-refractivity contribution >= 4 is 22.0 Å². The van der Waals surface area contributed by atoms with E-state index in [1.807, 2.05) is 19.1 Å². The summed E-state index contributed by atoms with van der Waals surface area (Å²) >= 11 is 3.42. The molecule has 0 radical (unpaired) electrons. The average molecular weight is 313 g/mol. The molecule has 18 heavy (non-hydrogen) atoms. The van der Waals surface area contributed by atoms with Crippen molar-refractivity contribution in [1.29, 1.82) is 0 Å². The highest BCUT2D eigenvalue weighted by molar-refractivity contribution is 9.10. The Kier molecular flexibility index (Phi) is 4.24. The predicted molar refractivity (Wildman–Crippen MR) is 73.6 cm³/mol. The van der Waals surface area contributed by atoms with Crippen LogP contribution < -0.4 is 0 Å². The van der Waals surface area contributed by atoms with Gasteiger partial charge in [-0.15, -0.1) is 0 Å². The number of halogens is 1. The molecule has 1 amide bonds. The highest BCUT2D eigenvalue weighted by Gasteiger charge is 2.26. The number of benzene rings is 1. The molecule has 1 heterocycles. The fraction of sp³-hybridized carbons (Fsp3) is 0.462. The summed E-state index contributed by atoms with van der Waals surface area (Å²) in [6.07, 6.45) is -0.814. The number of hydrogen-bond donors (Lipinski definition) is 1. The van der Waals surface area contributed by atoms with E-state index < -0.39 is 6.09 Å². The van der Waals surface area contributed by atoms with Crippen LogP contribution in [-0.2, 0) is 6.54 Å². The van der Waals surface area contributed by atoms with Gasteiger partial charge in [0.05, 0.1) is 0 Å². The molecule has 98 valence electrons. The monoisotopic (exact) mass is 312 g/mol. The first kappa shape index (κ1) is 13.4. The summed E-state index contributed by atoms with van der Waals surface area (Å²) in [7, 11) is 0. The van der Waals surface area contributed by atoms with Crippen molar-refractivity contribution < 1.29 is 9.90 Å². The molecule has 1 aliphatic rings. The minimum atomic E-state index is -0.814. The van der Waals surface area contributed by atoms with E-state index in [1.54, 1.807) is 0 Å². The lowest BCUT2D eigenvalue weighted by Gasteiger charge is -2.38. The van der Waals surface area contributed by atoms with Gasteiger partial charge in [0, 0.05) is 36.7 Å². The molecule has 1 fully saturated rings. The molecular formula is C13H17BrN2O2. The van der Waals surface area contributed by atoms with E-state index in [4.69, 9.17) is 5.11 Å². The van der Waals surface area contributed by atoms with Crippen molar-refractivity contribution in [3.05, 3.63) is 34.3 Å². The Balaban J connectivity index is 1.93. The maximum Gasteiger partial charge on any atom is 0.407 e. The van der Waals surface area contributed by atoms with E-state index in [-0.39, 0.29) is 6.04 Å². The van der Waals surface area contributed by atoms with Gasteiger partial charge in [0.1, 0.15) is 0 Å². The summed E-state index contributed by atoms with van der Waals surface area (Å²) in [4.78, 5) is 14.8. The molecule has 0 unspecified atom stereocenters. The number of hydrogen-bond acceptors (Lipinski definition) is 2. The van der Waals surface area contributed by atoms with Gasteiger partial charge in [-0.2, -0.15) is 0 Å². The second-order valence-electron chi connectivity index (χ2n) is 4.69. The normalized spacial score (nSPS) is 21.0. The fourth-order valence-corrected chi connectivity index (χ4v) is 2.57. The molecule has 0 aromatic heterocycles. The predicted octanol–water partition coefficient (Wildman–Crippen LogP) is 2.63. The van der Waals surface area contributed by atoms with E-state index in [1.165, 1.54) is 10.5 Å². The molecule has 1 aromatic carbocycles. The molecule has 1 N–H and O–H groups in total. The lowest BCUT2D eigenvalue weighted by Crippen LogP contribution is -2.53. The van der Waals surface area contributed by atoms with Gasteiger partial charge in [-0.05, 0) is 24.6 Å². The lowest BCUT2D eigenvalue weighted by molar-refractivity contribution is 0.0711. The molecule has 0 saturated carbocycles. The Morgan fingerprint density at radius 2 is 2.06 bits per heavy atom. The highest BCUT2D eigenvalue weighted by Crippen LogP contribution is 2.15. The molecule has 1 saturated heterocycles. The van der Waals surface area contributed by atoms with Crippen molar-refractivity contribution in [2.24, 2.45) is 0 Å². The van der Waals surface area contributed by atoms with Gasteiger partial charge in [-0.3, -0.25) is 4.90 Å². The first-order valence-corrected chi connectivity index (χ1v) is 6.82. The standard InChI is InChI=1S/C13H17BrN2O2/c1-10-8-15(6-7-16(10)13(17)18)9-11-2-4-12(14)5-3-11/h2-5,10H,6-9H2,1H3,(H,17,18)/t10-/m0/s1. The van der Waals surface area contributed by atoms with Gasteiger partial charge in [-0.1, -0.05) is 28.1 Å². The molecule has 1 aromatic rings. The summed E-state index contributed by atoms with van der Waals surface area (Å²) < 4.78 is 1.08. The Bertz CT molecular complexity index is 422.